The number of ether oxygens (including phenoxy) is 1. The van der Waals surface area contributed by atoms with Crippen molar-refractivity contribution in [3.05, 3.63) is 54.1 Å². The number of benzene rings is 2. The smallest absolute Gasteiger partial charge is 0.417 e. The average molecular weight is 680 g/mol. The Morgan fingerprint density at radius 1 is 0.955 bits per heavy atom. The van der Waals surface area contributed by atoms with Crippen LogP contribution in [0.25, 0.3) is 0 Å². The van der Waals surface area contributed by atoms with Crippen molar-refractivity contribution in [2.24, 2.45) is 0 Å². The molecule has 2 aromatic rings. The van der Waals surface area contributed by atoms with E-state index >= 15 is 0 Å². The van der Waals surface area contributed by atoms with Crippen LogP contribution in [0, 0.1) is 0 Å². The molecule has 0 aromatic heterocycles. The summed E-state index contributed by atoms with van der Waals surface area (Å²) in [6.45, 7) is 4.96. The highest BCUT2D eigenvalue weighted by Crippen LogP contribution is 2.36. The van der Waals surface area contributed by atoms with Crippen LogP contribution < -0.4 is 4.72 Å². The summed E-state index contributed by atoms with van der Waals surface area (Å²) in [6.07, 6.45) is -5.84. The van der Waals surface area contributed by atoms with E-state index in [1.165, 1.54) is 29.2 Å². The fraction of sp³-hybridized carbons (Fsp3) is 0.481. The second-order valence-corrected chi connectivity index (χ2v) is 16.5. The van der Waals surface area contributed by atoms with Crippen LogP contribution in [0.2, 0.25) is 0 Å². The SMILES string of the molecule is CC(C)(C)OC(=O)N1CS(=O)C[C@H]1C(=O)N1CCC(NS(=O)(=O)c2cc(S(=O)(=O)c3ccccc3)ccc2C(F)(F)F)CC1. The van der Waals surface area contributed by atoms with Crippen LogP contribution >= 0.6 is 0 Å². The van der Waals surface area contributed by atoms with Crippen molar-refractivity contribution in [2.45, 2.75) is 72.2 Å². The van der Waals surface area contributed by atoms with E-state index in [9.17, 15) is 43.8 Å². The Labute approximate surface area is 256 Å². The van der Waals surface area contributed by atoms with E-state index in [1.807, 2.05) is 0 Å². The molecule has 4 rings (SSSR count). The molecule has 1 N–H and O–H groups in total. The van der Waals surface area contributed by atoms with Gasteiger partial charge in [0.05, 0.1) is 26.0 Å². The molecular formula is C27H32F3N3O8S3. The van der Waals surface area contributed by atoms with Crippen molar-refractivity contribution in [3.63, 3.8) is 0 Å². The van der Waals surface area contributed by atoms with Crippen molar-refractivity contribution < 1.29 is 48.5 Å². The maximum Gasteiger partial charge on any atom is 0.417 e. The normalized spacial score (nSPS) is 20.5. The average Bonchev–Trinajstić information content (AvgIpc) is 3.33. The maximum absolute atomic E-state index is 13.9. The van der Waals surface area contributed by atoms with Crippen LogP contribution in [0.1, 0.15) is 39.2 Å². The summed E-state index contributed by atoms with van der Waals surface area (Å²) >= 11 is 0. The number of rotatable bonds is 6. The van der Waals surface area contributed by atoms with E-state index in [2.05, 4.69) is 4.72 Å². The zero-order valence-corrected chi connectivity index (χ0v) is 26.5. The number of carbonyl (C=O) groups excluding carboxylic acids is 2. The number of amides is 2. The number of nitrogens with zero attached hydrogens (tertiary/aromatic N) is 2. The lowest BCUT2D eigenvalue weighted by molar-refractivity contribution is -0.140. The van der Waals surface area contributed by atoms with Gasteiger partial charge in [-0.25, -0.2) is 26.4 Å². The van der Waals surface area contributed by atoms with Crippen LogP contribution in [-0.2, 0) is 46.4 Å². The third-order valence-corrected chi connectivity index (χ3v) is 11.5. The molecule has 0 spiro atoms. The number of halogens is 3. The summed E-state index contributed by atoms with van der Waals surface area (Å²) in [4.78, 5) is 26.3. The Balaban J connectivity index is 1.50. The molecule has 0 saturated carbocycles. The van der Waals surface area contributed by atoms with Gasteiger partial charge >= 0.3 is 12.3 Å². The van der Waals surface area contributed by atoms with Crippen LogP contribution in [0.4, 0.5) is 18.0 Å². The number of piperidine rings is 1. The number of nitrogens with one attached hydrogen (secondary N) is 1. The molecule has 2 amide bonds. The van der Waals surface area contributed by atoms with Gasteiger partial charge in [0.2, 0.25) is 25.8 Å². The highest BCUT2D eigenvalue weighted by Gasteiger charge is 2.43. The topological polar surface area (TPSA) is 147 Å². The van der Waals surface area contributed by atoms with Gasteiger partial charge in [0, 0.05) is 29.9 Å². The van der Waals surface area contributed by atoms with E-state index in [0.29, 0.717) is 18.2 Å². The second kappa shape index (κ2) is 12.4. The van der Waals surface area contributed by atoms with Crippen molar-refractivity contribution in [2.75, 3.05) is 24.7 Å². The van der Waals surface area contributed by atoms with E-state index in [4.69, 9.17) is 4.74 Å². The van der Waals surface area contributed by atoms with Gasteiger partial charge in [0.25, 0.3) is 0 Å². The maximum atomic E-state index is 13.9. The first-order valence-electron chi connectivity index (χ1n) is 13.5. The molecule has 2 aliphatic heterocycles. The number of likely N-dealkylation sites (tertiary alicyclic amines) is 1. The number of hydrogen-bond donors (Lipinski definition) is 1. The molecule has 2 atom stereocenters. The predicted octanol–water partition coefficient (Wildman–Crippen LogP) is 3.13. The van der Waals surface area contributed by atoms with Crippen molar-refractivity contribution in [1.29, 1.82) is 0 Å². The van der Waals surface area contributed by atoms with Gasteiger partial charge in [-0.3, -0.25) is 13.9 Å². The molecule has 1 unspecified atom stereocenters. The quantitative estimate of drug-likeness (QED) is 0.490. The Morgan fingerprint density at radius 3 is 2.14 bits per heavy atom. The largest absolute Gasteiger partial charge is 0.444 e. The monoisotopic (exact) mass is 679 g/mol. The van der Waals surface area contributed by atoms with Crippen LogP contribution in [0.3, 0.4) is 0 Å². The van der Waals surface area contributed by atoms with E-state index in [0.717, 1.165) is 4.90 Å². The molecule has 2 fully saturated rings. The van der Waals surface area contributed by atoms with Gasteiger partial charge in [-0.15, -0.1) is 0 Å². The molecule has 0 aliphatic carbocycles. The van der Waals surface area contributed by atoms with Crippen molar-refractivity contribution in [1.82, 2.24) is 14.5 Å². The molecule has 11 nitrogen and oxygen atoms in total. The zero-order valence-electron chi connectivity index (χ0n) is 24.0. The first-order valence-corrected chi connectivity index (χ1v) is 17.9. The summed E-state index contributed by atoms with van der Waals surface area (Å²) in [7, 11) is -10.7. The number of sulfonamides is 1. The third-order valence-electron chi connectivity index (χ3n) is 6.96. The predicted molar refractivity (Wildman–Crippen MR) is 153 cm³/mol. The molecule has 2 saturated heterocycles. The van der Waals surface area contributed by atoms with Crippen LogP contribution in [0.5, 0.6) is 0 Å². The summed E-state index contributed by atoms with van der Waals surface area (Å²) in [5.41, 5.74) is -2.37. The third kappa shape index (κ3) is 7.61. The minimum Gasteiger partial charge on any atom is -0.444 e. The van der Waals surface area contributed by atoms with Gasteiger partial charge in [-0.2, -0.15) is 13.2 Å². The lowest BCUT2D eigenvalue weighted by atomic mass is 10.1. The highest BCUT2D eigenvalue weighted by atomic mass is 32.2. The number of carbonyl (C=O) groups is 2. The van der Waals surface area contributed by atoms with E-state index in [-0.39, 0.29) is 42.5 Å². The minimum atomic E-state index is -5.10. The van der Waals surface area contributed by atoms with Crippen LogP contribution in [-0.4, -0.2) is 85.2 Å². The van der Waals surface area contributed by atoms with Gasteiger partial charge in [0.15, 0.2) is 0 Å². The van der Waals surface area contributed by atoms with Crippen LogP contribution in [0.15, 0.2) is 63.2 Å². The van der Waals surface area contributed by atoms with Gasteiger partial charge in [0.1, 0.15) is 17.5 Å². The fourth-order valence-electron chi connectivity index (χ4n) is 4.84. The number of alkyl halides is 3. The summed E-state index contributed by atoms with van der Waals surface area (Å²) in [6, 6.07) is 6.60. The van der Waals surface area contributed by atoms with Gasteiger partial charge in [-0.1, -0.05) is 18.2 Å². The van der Waals surface area contributed by atoms with Gasteiger partial charge in [-0.05, 0) is 63.9 Å². The Hall–Kier alpha value is -3.02. The van der Waals surface area contributed by atoms with Crippen molar-refractivity contribution >= 4 is 42.7 Å². The number of hydrogen-bond acceptors (Lipinski definition) is 8. The molecular weight excluding hydrogens is 648 g/mol. The Morgan fingerprint density at radius 2 is 1.57 bits per heavy atom. The second-order valence-electron chi connectivity index (χ2n) is 11.4. The standard InChI is InChI=1S/C27H32F3N3O8S3/c1-26(2,3)41-25(35)33-17-42(36)16-22(33)24(34)32-13-11-18(12-14-32)31-44(39,40)23-15-20(9-10-21(23)27(28,29)30)43(37,38)19-7-5-4-6-8-19/h4-10,15,18,22,31H,11-14,16-17H2,1-3H3/t22-,42?/m0/s1. The summed E-state index contributed by atoms with van der Waals surface area (Å²) < 4.78 is 114. The molecule has 0 bridgehead atoms. The summed E-state index contributed by atoms with van der Waals surface area (Å²) in [5, 5.41) is 0. The molecule has 2 aromatic carbocycles. The Kier molecular flexibility index (Phi) is 9.55. The van der Waals surface area contributed by atoms with Gasteiger partial charge < -0.3 is 9.64 Å². The zero-order chi connectivity index (χ0) is 32.7. The molecule has 242 valence electrons. The lowest BCUT2D eigenvalue weighted by Crippen LogP contribution is -2.53. The summed E-state index contributed by atoms with van der Waals surface area (Å²) in [5.74, 6) is -0.767. The first-order chi connectivity index (χ1) is 20.3. The molecule has 2 heterocycles. The Bertz CT molecular complexity index is 1650. The molecule has 2 aliphatic rings. The molecule has 0 radical (unpaired) electrons. The molecule has 44 heavy (non-hydrogen) atoms. The first kappa shape index (κ1) is 33.9. The minimum absolute atomic E-state index is 0.00582. The van der Waals surface area contributed by atoms with Crippen molar-refractivity contribution in [3.8, 4) is 0 Å². The highest BCUT2D eigenvalue weighted by molar-refractivity contribution is 7.91. The fourth-order valence-corrected chi connectivity index (χ4v) is 9.16. The van der Waals surface area contributed by atoms with E-state index < -0.39 is 81.9 Å². The lowest BCUT2D eigenvalue weighted by Gasteiger charge is -2.35. The number of sulfone groups is 1. The molecule has 17 heteroatoms. The van der Waals surface area contributed by atoms with E-state index in [1.54, 1.807) is 26.8 Å².